The van der Waals surface area contributed by atoms with Crippen LogP contribution in [0, 0.1) is 6.92 Å². The minimum absolute atomic E-state index is 0.297. The van der Waals surface area contributed by atoms with Gasteiger partial charge in [0.05, 0.1) is 10.7 Å². The van der Waals surface area contributed by atoms with Crippen LogP contribution in [-0.4, -0.2) is 42.0 Å². The van der Waals surface area contributed by atoms with Crippen molar-refractivity contribution in [2.24, 2.45) is 0 Å². The highest BCUT2D eigenvalue weighted by Gasteiger charge is 2.14. The van der Waals surface area contributed by atoms with Crippen molar-refractivity contribution >= 4 is 17.2 Å². The molecule has 1 aromatic heterocycles. The number of carbonyl (C=O) groups is 1. The Kier molecular flexibility index (Phi) is 5.13. The van der Waals surface area contributed by atoms with E-state index in [1.165, 1.54) is 0 Å². The summed E-state index contributed by atoms with van der Waals surface area (Å²) in [5.41, 5.74) is 1.13. The van der Waals surface area contributed by atoms with E-state index in [1.54, 1.807) is 11.3 Å². The monoisotopic (exact) mass is 267 g/mol. The summed E-state index contributed by atoms with van der Waals surface area (Å²) in [5.74, 6) is 0.297. The van der Waals surface area contributed by atoms with E-state index in [2.05, 4.69) is 15.7 Å². The van der Waals surface area contributed by atoms with Crippen molar-refractivity contribution in [2.75, 3.05) is 26.2 Å². The average molecular weight is 267 g/mol. The fraction of sp³-hybridized carbons (Fsp3) is 0.692. The van der Waals surface area contributed by atoms with Gasteiger partial charge in [-0.05, 0) is 32.7 Å². The molecule has 100 valence electrons. The lowest BCUT2D eigenvalue weighted by Crippen LogP contribution is -2.34. The normalized spacial score (nSPS) is 16.6. The average Bonchev–Trinajstić information content (AvgIpc) is 2.63. The SMILES string of the molecule is Cc1nc(CCCC(=O)N2CCCNCC2)cs1. The van der Waals surface area contributed by atoms with E-state index in [1.807, 2.05) is 11.8 Å². The fourth-order valence-electron chi connectivity index (χ4n) is 2.20. The second-order valence-corrected chi connectivity index (χ2v) is 5.76. The minimum Gasteiger partial charge on any atom is -0.341 e. The van der Waals surface area contributed by atoms with Crippen LogP contribution in [0.3, 0.4) is 0 Å². The molecule has 0 spiro atoms. The third-order valence-corrected chi connectivity index (χ3v) is 4.01. The molecule has 1 N–H and O–H groups in total. The van der Waals surface area contributed by atoms with Crippen molar-refractivity contribution in [1.29, 1.82) is 0 Å². The van der Waals surface area contributed by atoms with Crippen LogP contribution in [0.5, 0.6) is 0 Å². The highest BCUT2D eigenvalue weighted by atomic mass is 32.1. The molecule has 1 amide bonds. The number of aryl methyl sites for hydroxylation is 2. The van der Waals surface area contributed by atoms with Crippen LogP contribution in [0.15, 0.2) is 5.38 Å². The van der Waals surface area contributed by atoms with Gasteiger partial charge in [0.15, 0.2) is 0 Å². The van der Waals surface area contributed by atoms with E-state index in [4.69, 9.17) is 0 Å². The first-order valence-corrected chi connectivity index (χ1v) is 7.53. The van der Waals surface area contributed by atoms with Gasteiger partial charge < -0.3 is 10.2 Å². The smallest absolute Gasteiger partial charge is 0.222 e. The molecule has 1 fully saturated rings. The molecule has 2 heterocycles. The standard InChI is InChI=1S/C13H21N3OS/c1-11-15-12(10-18-11)4-2-5-13(17)16-8-3-6-14-7-9-16/h10,14H,2-9H2,1H3. The summed E-state index contributed by atoms with van der Waals surface area (Å²) in [6.07, 6.45) is 3.54. The molecule has 2 rings (SSSR count). The quantitative estimate of drug-likeness (QED) is 0.901. The maximum Gasteiger partial charge on any atom is 0.222 e. The van der Waals surface area contributed by atoms with E-state index in [0.29, 0.717) is 12.3 Å². The molecule has 4 nitrogen and oxygen atoms in total. The summed E-state index contributed by atoms with van der Waals surface area (Å²) in [7, 11) is 0. The van der Waals surface area contributed by atoms with E-state index >= 15 is 0 Å². The summed E-state index contributed by atoms with van der Waals surface area (Å²) in [6.45, 7) is 5.73. The first-order valence-electron chi connectivity index (χ1n) is 6.65. The highest BCUT2D eigenvalue weighted by molar-refractivity contribution is 7.09. The second-order valence-electron chi connectivity index (χ2n) is 4.70. The van der Waals surface area contributed by atoms with Gasteiger partial charge in [0, 0.05) is 31.4 Å². The largest absolute Gasteiger partial charge is 0.341 e. The van der Waals surface area contributed by atoms with Gasteiger partial charge in [-0.3, -0.25) is 4.79 Å². The zero-order valence-electron chi connectivity index (χ0n) is 10.9. The van der Waals surface area contributed by atoms with E-state index in [0.717, 1.165) is 56.1 Å². The Hall–Kier alpha value is -0.940. The van der Waals surface area contributed by atoms with Crippen molar-refractivity contribution in [3.8, 4) is 0 Å². The van der Waals surface area contributed by atoms with Crippen LogP contribution in [0.2, 0.25) is 0 Å². The molecular weight excluding hydrogens is 246 g/mol. The minimum atomic E-state index is 0.297. The summed E-state index contributed by atoms with van der Waals surface area (Å²) in [4.78, 5) is 18.4. The summed E-state index contributed by atoms with van der Waals surface area (Å²) < 4.78 is 0. The molecule has 1 aliphatic rings. The molecule has 0 unspecified atom stereocenters. The van der Waals surface area contributed by atoms with Crippen LogP contribution in [0.1, 0.15) is 30.0 Å². The van der Waals surface area contributed by atoms with Gasteiger partial charge in [-0.15, -0.1) is 11.3 Å². The van der Waals surface area contributed by atoms with Gasteiger partial charge in [0.25, 0.3) is 0 Å². The number of rotatable bonds is 4. The number of hydrogen-bond acceptors (Lipinski definition) is 4. The first kappa shape index (κ1) is 13.5. The predicted molar refractivity (Wildman–Crippen MR) is 73.9 cm³/mol. The number of nitrogens with one attached hydrogen (secondary N) is 1. The van der Waals surface area contributed by atoms with Crippen LogP contribution >= 0.6 is 11.3 Å². The lowest BCUT2D eigenvalue weighted by Gasteiger charge is -2.19. The fourth-order valence-corrected chi connectivity index (χ4v) is 2.84. The molecular formula is C13H21N3OS. The molecule has 18 heavy (non-hydrogen) atoms. The van der Waals surface area contributed by atoms with Crippen LogP contribution in [0.25, 0.3) is 0 Å². The first-order chi connectivity index (χ1) is 8.75. The van der Waals surface area contributed by atoms with E-state index < -0.39 is 0 Å². The summed E-state index contributed by atoms with van der Waals surface area (Å²) in [6, 6.07) is 0. The topological polar surface area (TPSA) is 45.2 Å². The van der Waals surface area contributed by atoms with Crippen LogP contribution in [0.4, 0.5) is 0 Å². The lowest BCUT2D eigenvalue weighted by molar-refractivity contribution is -0.131. The highest BCUT2D eigenvalue weighted by Crippen LogP contribution is 2.11. The Morgan fingerprint density at radius 2 is 2.39 bits per heavy atom. The third-order valence-electron chi connectivity index (χ3n) is 3.18. The second kappa shape index (κ2) is 6.85. The van der Waals surface area contributed by atoms with Crippen LogP contribution < -0.4 is 5.32 Å². The Morgan fingerprint density at radius 3 is 3.17 bits per heavy atom. The Balaban J connectivity index is 1.70. The number of amides is 1. The van der Waals surface area contributed by atoms with Crippen molar-refractivity contribution < 1.29 is 4.79 Å². The molecule has 0 radical (unpaired) electrons. The van der Waals surface area contributed by atoms with Gasteiger partial charge in [-0.25, -0.2) is 4.98 Å². The van der Waals surface area contributed by atoms with Gasteiger partial charge in [0.1, 0.15) is 0 Å². The Labute approximate surface area is 112 Å². The molecule has 1 aromatic rings. The summed E-state index contributed by atoms with van der Waals surface area (Å²) >= 11 is 1.68. The van der Waals surface area contributed by atoms with Crippen molar-refractivity contribution in [2.45, 2.75) is 32.6 Å². The Morgan fingerprint density at radius 1 is 1.50 bits per heavy atom. The molecule has 5 heteroatoms. The Bertz CT molecular complexity index is 383. The van der Waals surface area contributed by atoms with E-state index in [9.17, 15) is 4.79 Å². The molecule has 0 saturated carbocycles. The van der Waals surface area contributed by atoms with Gasteiger partial charge in [-0.2, -0.15) is 0 Å². The third kappa shape index (κ3) is 4.07. The molecule has 0 atom stereocenters. The number of nitrogens with zero attached hydrogens (tertiary/aromatic N) is 2. The van der Waals surface area contributed by atoms with Crippen molar-refractivity contribution in [3.05, 3.63) is 16.1 Å². The molecule has 1 saturated heterocycles. The zero-order chi connectivity index (χ0) is 12.8. The predicted octanol–water partition coefficient (Wildman–Crippen LogP) is 1.60. The van der Waals surface area contributed by atoms with Crippen molar-refractivity contribution in [1.82, 2.24) is 15.2 Å². The lowest BCUT2D eigenvalue weighted by atomic mass is 10.2. The van der Waals surface area contributed by atoms with Gasteiger partial charge in [0.2, 0.25) is 5.91 Å². The van der Waals surface area contributed by atoms with Gasteiger partial charge in [-0.1, -0.05) is 0 Å². The molecule has 1 aliphatic heterocycles. The number of carbonyl (C=O) groups excluding carboxylic acids is 1. The maximum atomic E-state index is 12.0. The number of thiazole rings is 1. The maximum absolute atomic E-state index is 12.0. The van der Waals surface area contributed by atoms with Gasteiger partial charge >= 0.3 is 0 Å². The molecule has 0 aliphatic carbocycles. The number of aromatic nitrogens is 1. The van der Waals surface area contributed by atoms with Crippen LogP contribution in [-0.2, 0) is 11.2 Å². The van der Waals surface area contributed by atoms with Crippen molar-refractivity contribution in [3.63, 3.8) is 0 Å². The van der Waals surface area contributed by atoms with E-state index in [-0.39, 0.29) is 0 Å². The molecule has 0 bridgehead atoms. The zero-order valence-corrected chi connectivity index (χ0v) is 11.8. The molecule has 0 aromatic carbocycles. The summed E-state index contributed by atoms with van der Waals surface area (Å²) in [5, 5.41) is 6.51. The number of hydrogen-bond donors (Lipinski definition) is 1.